The van der Waals surface area contributed by atoms with Gasteiger partial charge in [-0.15, -0.1) is 0 Å². The standard InChI is InChI=1S/C17H18N2O3/c1-19-13-7-5-4-6-11(13)17(10-18)9-15(22-3)14(21-2)8-12(17)16(19)20/h4-7,12H,8-9H2,1-3H3/t12-,17-/m1/s1. The van der Waals surface area contributed by atoms with Crippen molar-refractivity contribution < 1.29 is 14.3 Å². The van der Waals surface area contributed by atoms with Crippen molar-refractivity contribution in [2.75, 3.05) is 26.2 Å². The summed E-state index contributed by atoms with van der Waals surface area (Å²) in [6.07, 6.45) is 0.731. The zero-order chi connectivity index (χ0) is 15.9. The second-order valence-electron chi connectivity index (χ2n) is 5.69. The van der Waals surface area contributed by atoms with Gasteiger partial charge in [-0.1, -0.05) is 18.2 Å². The fourth-order valence-electron chi connectivity index (χ4n) is 3.59. The third kappa shape index (κ3) is 1.73. The van der Waals surface area contributed by atoms with E-state index in [9.17, 15) is 10.1 Å². The number of carbonyl (C=O) groups is 1. The average Bonchev–Trinajstić information content (AvgIpc) is 2.58. The van der Waals surface area contributed by atoms with Gasteiger partial charge in [-0.05, 0) is 11.6 Å². The van der Waals surface area contributed by atoms with Crippen LogP contribution in [0, 0.1) is 17.2 Å². The van der Waals surface area contributed by atoms with Crippen LogP contribution in [0.2, 0.25) is 0 Å². The van der Waals surface area contributed by atoms with Crippen LogP contribution >= 0.6 is 0 Å². The quantitative estimate of drug-likeness (QED) is 0.840. The van der Waals surface area contributed by atoms with Gasteiger partial charge in [-0.3, -0.25) is 4.79 Å². The van der Waals surface area contributed by atoms with Gasteiger partial charge < -0.3 is 14.4 Å². The van der Waals surface area contributed by atoms with Crippen LogP contribution in [-0.4, -0.2) is 27.2 Å². The van der Waals surface area contributed by atoms with Crippen LogP contribution < -0.4 is 4.90 Å². The van der Waals surface area contributed by atoms with E-state index in [1.165, 1.54) is 0 Å². The summed E-state index contributed by atoms with van der Waals surface area (Å²) in [5.41, 5.74) is 0.782. The van der Waals surface area contributed by atoms with Crippen molar-refractivity contribution in [3.63, 3.8) is 0 Å². The minimum atomic E-state index is -0.895. The van der Waals surface area contributed by atoms with E-state index in [1.807, 2.05) is 24.3 Å². The summed E-state index contributed by atoms with van der Waals surface area (Å²) in [5.74, 6) is 0.795. The lowest BCUT2D eigenvalue weighted by Crippen LogP contribution is -2.52. The topological polar surface area (TPSA) is 62.6 Å². The number of allylic oxidation sites excluding steroid dienone is 2. The van der Waals surface area contributed by atoms with Crippen LogP contribution in [0.25, 0.3) is 0 Å². The summed E-state index contributed by atoms with van der Waals surface area (Å²) in [5, 5.41) is 9.96. The molecular formula is C17H18N2O3. The molecule has 0 bridgehead atoms. The number of hydrogen-bond donors (Lipinski definition) is 0. The van der Waals surface area contributed by atoms with Crippen LogP contribution in [-0.2, 0) is 19.7 Å². The predicted molar refractivity (Wildman–Crippen MR) is 80.9 cm³/mol. The highest BCUT2D eigenvalue weighted by atomic mass is 16.5. The summed E-state index contributed by atoms with van der Waals surface area (Å²) >= 11 is 0. The molecule has 1 aromatic rings. The maximum Gasteiger partial charge on any atom is 0.232 e. The molecule has 0 N–H and O–H groups in total. The Morgan fingerprint density at radius 2 is 1.95 bits per heavy atom. The maximum absolute atomic E-state index is 12.8. The van der Waals surface area contributed by atoms with Crippen LogP contribution in [0.3, 0.4) is 0 Å². The Morgan fingerprint density at radius 1 is 1.27 bits per heavy atom. The van der Waals surface area contributed by atoms with E-state index in [2.05, 4.69) is 6.07 Å². The molecule has 0 fully saturated rings. The Kier molecular flexibility index (Phi) is 3.32. The molecular weight excluding hydrogens is 280 g/mol. The van der Waals surface area contributed by atoms with E-state index in [4.69, 9.17) is 9.47 Å². The van der Waals surface area contributed by atoms with E-state index in [1.54, 1.807) is 26.2 Å². The Labute approximate surface area is 129 Å². The smallest absolute Gasteiger partial charge is 0.232 e. The molecule has 2 atom stereocenters. The first-order valence-electron chi connectivity index (χ1n) is 7.17. The van der Waals surface area contributed by atoms with E-state index >= 15 is 0 Å². The number of ether oxygens (including phenoxy) is 2. The lowest BCUT2D eigenvalue weighted by atomic mass is 9.61. The highest BCUT2D eigenvalue weighted by Crippen LogP contribution is 2.52. The highest BCUT2D eigenvalue weighted by molar-refractivity contribution is 6.00. The van der Waals surface area contributed by atoms with Crippen molar-refractivity contribution in [2.45, 2.75) is 18.3 Å². The summed E-state index contributed by atoms with van der Waals surface area (Å²) in [4.78, 5) is 14.4. The van der Waals surface area contributed by atoms with E-state index < -0.39 is 11.3 Å². The number of nitrogens with zero attached hydrogens (tertiary/aromatic N) is 2. The Balaban J connectivity index is 2.25. The van der Waals surface area contributed by atoms with Crippen LogP contribution in [0.4, 0.5) is 5.69 Å². The van der Waals surface area contributed by atoms with Crippen LogP contribution in [0.5, 0.6) is 0 Å². The van der Waals surface area contributed by atoms with Crippen molar-refractivity contribution in [3.05, 3.63) is 41.3 Å². The fraction of sp³-hybridized carbons (Fsp3) is 0.412. The van der Waals surface area contributed by atoms with Gasteiger partial charge in [-0.2, -0.15) is 5.26 Å². The lowest BCUT2D eigenvalue weighted by molar-refractivity contribution is -0.125. The molecule has 5 heteroatoms. The predicted octanol–water partition coefficient (Wildman–Crippen LogP) is 2.34. The van der Waals surface area contributed by atoms with E-state index in [-0.39, 0.29) is 5.91 Å². The maximum atomic E-state index is 12.8. The fourth-order valence-corrected chi connectivity index (χ4v) is 3.59. The molecule has 1 amide bonds. The summed E-state index contributed by atoms with van der Waals surface area (Å²) in [6, 6.07) is 10.0. The number of fused-ring (bicyclic) bond motifs is 3. The number of carbonyl (C=O) groups excluding carboxylic acids is 1. The SMILES string of the molecule is COC1=C(OC)C[C@@]2(C#N)c3ccccc3N(C)C(=O)[C@H]2C1. The van der Waals surface area contributed by atoms with Crippen molar-refractivity contribution in [3.8, 4) is 6.07 Å². The molecule has 0 spiro atoms. The second kappa shape index (κ2) is 5.06. The Hall–Kier alpha value is -2.48. The van der Waals surface area contributed by atoms with Gasteiger partial charge in [0.05, 0.1) is 26.2 Å². The van der Waals surface area contributed by atoms with Gasteiger partial charge in [0.2, 0.25) is 5.91 Å². The van der Waals surface area contributed by atoms with Crippen molar-refractivity contribution >= 4 is 11.6 Å². The highest BCUT2D eigenvalue weighted by Gasteiger charge is 2.55. The van der Waals surface area contributed by atoms with Gasteiger partial charge in [-0.25, -0.2) is 0 Å². The number of amides is 1. The molecule has 2 aliphatic rings. The molecule has 114 valence electrons. The first-order chi connectivity index (χ1) is 10.6. The van der Waals surface area contributed by atoms with Gasteiger partial charge in [0.25, 0.3) is 0 Å². The average molecular weight is 298 g/mol. The van der Waals surface area contributed by atoms with Crippen molar-refractivity contribution in [1.82, 2.24) is 0 Å². The molecule has 0 radical (unpaired) electrons. The van der Waals surface area contributed by atoms with Crippen molar-refractivity contribution in [2.24, 2.45) is 5.92 Å². The largest absolute Gasteiger partial charge is 0.498 e. The molecule has 1 aliphatic carbocycles. The normalized spacial score (nSPS) is 26.9. The zero-order valence-electron chi connectivity index (χ0n) is 12.9. The molecule has 0 saturated carbocycles. The number of benzene rings is 1. The summed E-state index contributed by atoms with van der Waals surface area (Å²) in [7, 11) is 4.89. The first-order valence-corrected chi connectivity index (χ1v) is 7.17. The monoisotopic (exact) mass is 298 g/mol. The number of para-hydroxylation sites is 1. The molecule has 3 rings (SSSR count). The second-order valence-corrected chi connectivity index (χ2v) is 5.69. The first kappa shape index (κ1) is 14.5. The molecule has 0 unspecified atom stereocenters. The summed E-state index contributed by atoms with van der Waals surface area (Å²) < 4.78 is 10.8. The van der Waals surface area contributed by atoms with Gasteiger partial charge in [0, 0.05) is 25.6 Å². The number of rotatable bonds is 2. The van der Waals surface area contributed by atoms with Crippen molar-refractivity contribution in [1.29, 1.82) is 5.26 Å². The van der Waals surface area contributed by atoms with Gasteiger partial charge >= 0.3 is 0 Å². The third-order valence-electron chi connectivity index (χ3n) is 4.80. The van der Waals surface area contributed by atoms with Crippen LogP contribution in [0.15, 0.2) is 35.8 Å². The number of methoxy groups -OCH3 is 2. The lowest BCUT2D eigenvalue weighted by Gasteiger charge is -2.45. The number of hydrogen-bond acceptors (Lipinski definition) is 4. The van der Waals surface area contributed by atoms with E-state index in [0.717, 1.165) is 11.3 Å². The molecule has 5 nitrogen and oxygen atoms in total. The Bertz CT molecular complexity index is 704. The van der Waals surface area contributed by atoms with Gasteiger partial charge in [0.1, 0.15) is 16.9 Å². The molecule has 1 aliphatic heterocycles. The molecule has 0 saturated heterocycles. The Morgan fingerprint density at radius 3 is 2.59 bits per heavy atom. The molecule has 1 heterocycles. The number of nitriles is 1. The molecule has 0 aromatic heterocycles. The van der Waals surface area contributed by atoms with Crippen LogP contribution in [0.1, 0.15) is 18.4 Å². The third-order valence-corrected chi connectivity index (χ3v) is 4.80. The minimum absolute atomic E-state index is 0.0510. The minimum Gasteiger partial charge on any atom is -0.498 e. The molecule has 1 aromatic carbocycles. The number of anilines is 1. The van der Waals surface area contributed by atoms with E-state index in [0.29, 0.717) is 24.4 Å². The summed E-state index contributed by atoms with van der Waals surface area (Å²) in [6.45, 7) is 0. The van der Waals surface area contributed by atoms with Gasteiger partial charge in [0.15, 0.2) is 0 Å². The zero-order valence-corrected chi connectivity index (χ0v) is 12.9. The molecule has 22 heavy (non-hydrogen) atoms.